The van der Waals surface area contributed by atoms with Crippen LogP contribution >= 0.6 is 11.6 Å². The van der Waals surface area contributed by atoms with Crippen LogP contribution in [0.2, 0.25) is 5.02 Å². The third kappa shape index (κ3) is 2.02. The number of hydrogen-bond acceptors (Lipinski definition) is 3. The second-order valence-electron chi connectivity index (χ2n) is 5.95. The normalized spacial score (nSPS) is 26.9. The molecule has 1 fully saturated rings. The van der Waals surface area contributed by atoms with E-state index < -0.39 is 17.9 Å². The van der Waals surface area contributed by atoms with Crippen LogP contribution in [0.5, 0.6) is 0 Å². The SMILES string of the molecule is CN1C(=O)C(F)N2CCOC2(c2ccccc2)c2cc(Cl)ccc21. The molecule has 2 heterocycles. The molecule has 2 aliphatic rings. The van der Waals surface area contributed by atoms with Crippen LogP contribution < -0.4 is 4.90 Å². The third-order valence-corrected chi connectivity index (χ3v) is 4.94. The molecule has 2 aliphatic heterocycles. The average Bonchev–Trinajstić information content (AvgIpc) is 3.04. The van der Waals surface area contributed by atoms with Gasteiger partial charge in [0.05, 0.1) is 12.3 Å². The zero-order valence-electron chi connectivity index (χ0n) is 13.1. The van der Waals surface area contributed by atoms with Crippen molar-refractivity contribution in [2.45, 2.75) is 12.0 Å². The van der Waals surface area contributed by atoms with E-state index in [9.17, 15) is 4.79 Å². The molecule has 6 heteroatoms. The number of nitrogens with zero attached hydrogens (tertiary/aromatic N) is 2. The smallest absolute Gasteiger partial charge is 0.276 e. The van der Waals surface area contributed by atoms with E-state index in [4.69, 9.17) is 16.3 Å². The topological polar surface area (TPSA) is 32.8 Å². The number of rotatable bonds is 1. The van der Waals surface area contributed by atoms with Gasteiger partial charge in [-0.15, -0.1) is 0 Å². The molecule has 24 heavy (non-hydrogen) atoms. The van der Waals surface area contributed by atoms with E-state index in [1.807, 2.05) is 30.3 Å². The molecular weight excluding hydrogens is 331 g/mol. The average molecular weight is 347 g/mol. The first-order valence-corrected chi connectivity index (χ1v) is 8.11. The van der Waals surface area contributed by atoms with E-state index in [-0.39, 0.29) is 0 Å². The molecule has 1 amide bonds. The lowest BCUT2D eigenvalue weighted by atomic mass is 9.91. The van der Waals surface area contributed by atoms with Crippen molar-refractivity contribution in [3.05, 3.63) is 64.7 Å². The summed E-state index contributed by atoms with van der Waals surface area (Å²) < 4.78 is 21.2. The molecule has 0 aliphatic carbocycles. The van der Waals surface area contributed by atoms with Gasteiger partial charge in [0, 0.05) is 29.7 Å². The Morgan fingerprint density at radius 2 is 2.00 bits per heavy atom. The van der Waals surface area contributed by atoms with Crippen LogP contribution in [0.15, 0.2) is 48.5 Å². The summed E-state index contributed by atoms with van der Waals surface area (Å²) in [4.78, 5) is 15.3. The minimum absolute atomic E-state index is 0.321. The number of halogens is 2. The number of anilines is 1. The van der Waals surface area contributed by atoms with Crippen LogP contribution in [0.3, 0.4) is 0 Å². The van der Waals surface area contributed by atoms with Gasteiger partial charge in [-0.05, 0) is 18.2 Å². The van der Waals surface area contributed by atoms with Crippen molar-refractivity contribution in [3.8, 4) is 0 Å². The lowest BCUT2D eigenvalue weighted by Gasteiger charge is -2.37. The number of likely N-dealkylation sites (N-methyl/N-ethyl adjacent to an activating group) is 1. The number of fused-ring (bicyclic) bond motifs is 3. The van der Waals surface area contributed by atoms with Gasteiger partial charge in [-0.2, -0.15) is 0 Å². The predicted molar refractivity (Wildman–Crippen MR) is 89.6 cm³/mol. The fraction of sp³-hybridized carbons (Fsp3) is 0.278. The quantitative estimate of drug-likeness (QED) is 0.744. The summed E-state index contributed by atoms with van der Waals surface area (Å²) >= 11 is 6.22. The summed E-state index contributed by atoms with van der Waals surface area (Å²) in [6, 6.07) is 14.6. The van der Waals surface area contributed by atoms with Crippen molar-refractivity contribution in [1.29, 1.82) is 0 Å². The molecule has 0 saturated carbocycles. The van der Waals surface area contributed by atoms with Gasteiger partial charge in [0.15, 0.2) is 5.72 Å². The zero-order chi connectivity index (χ0) is 16.9. The number of benzene rings is 2. The minimum Gasteiger partial charge on any atom is -0.350 e. The Bertz CT molecular complexity index is 801. The number of amides is 1. The third-order valence-electron chi connectivity index (χ3n) is 4.71. The van der Waals surface area contributed by atoms with Crippen LogP contribution in [0.4, 0.5) is 10.1 Å². The molecular formula is C18H16ClFN2O2. The van der Waals surface area contributed by atoms with E-state index in [1.54, 1.807) is 25.2 Å². The Labute approximate surface area is 144 Å². The maximum absolute atomic E-state index is 15.1. The Balaban J connectivity index is 2.06. The Morgan fingerprint density at radius 1 is 1.25 bits per heavy atom. The molecule has 0 bridgehead atoms. The number of carbonyl (C=O) groups excluding carboxylic acids is 1. The molecule has 0 aromatic heterocycles. The second-order valence-corrected chi connectivity index (χ2v) is 6.38. The molecule has 4 rings (SSSR count). The second kappa shape index (κ2) is 5.55. The van der Waals surface area contributed by atoms with Gasteiger partial charge in [0.1, 0.15) is 0 Å². The summed E-state index contributed by atoms with van der Waals surface area (Å²) in [5.74, 6) is -0.609. The van der Waals surface area contributed by atoms with Crippen LogP contribution in [-0.2, 0) is 15.3 Å². The molecule has 2 atom stereocenters. The first-order chi connectivity index (χ1) is 11.6. The van der Waals surface area contributed by atoms with Crippen molar-refractivity contribution in [2.24, 2.45) is 0 Å². The van der Waals surface area contributed by atoms with E-state index in [0.717, 1.165) is 5.56 Å². The number of alkyl halides is 1. The highest BCUT2D eigenvalue weighted by Crippen LogP contribution is 2.48. The fourth-order valence-electron chi connectivity index (χ4n) is 3.59. The highest BCUT2D eigenvalue weighted by molar-refractivity contribution is 6.30. The van der Waals surface area contributed by atoms with Crippen LogP contribution in [-0.4, -0.2) is 37.3 Å². The molecule has 0 N–H and O–H groups in total. The molecule has 2 aromatic rings. The van der Waals surface area contributed by atoms with E-state index in [1.165, 1.54) is 9.80 Å². The minimum atomic E-state index is -1.79. The van der Waals surface area contributed by atoms with Crippen molar-refractivity contribution in [3.63, 3.8) is 0 Å². The van der Waals surface area contributed by atoms with Gasteiger partial charge in [-0.1, -0.05) is 41.9 Å². The molecule has 0 radical (unpaired) electrons. The fourth-order valence-corrected chi connectivity index (χ4v) is 3.76. The Morgan fingerprint density at radius 3 is 2.75 bits per heavy atom. The van der Waals surface area contributed by atoms with Gasteiger partial charge in [-0.25, -0.2) is 9.29 Å². The number of hydrogen-bond donors (Lipinski definition) is 0. The van der Waals surface area contributed by atoms with Gasteiger partial charge in [0.25, 0.3) is 5.91 Å². The molecule has 2 unspecified atom stereocenters. The van der Waals surface area contributed by atoms with E-state index in [0.29, 0.717) is 29.4 Å². The molecule has 4 nitrogen and oxygen atoms in total. The van der Waals surface area contributed by atoms with Crippen molar-refractivity contribution in [1.82, 2.24) is 4.90 Å². The van der Waals surface area contributed by atoms with Gasteiger partial charge in [0.2, 0.25) is 6.30 Å². The van der Waals surface area contributed by atoms with Crippen molar-refractivity contribution >= 4 is 23.2 Å². The van der Waals surface area contributed by atoms with E-state index >= 15 is 4.39 Å². The standard InChI is InChI=1S/C18H16ClFN2O2/c1-21-15-8-7-13(19)11-14(15)18(12-5-3-2-4-6-12)22(9-10-24-18)16(20)17(21)23/h2-8,11,16H,9-10H2,1H3. The first kappa shape index (κ1) is 15.6. The van der Waals surface area contributed by atoms with Gasteiger partial charge < -0.3 is 9.64 Å². The molecule has 2 aromatic carbocycles. The summed E-state index contributed by atoms with van der Waals surface area (Å²) in [5, 5.41) is 0.512. The van der Waals surface area contributed by atoms with Crippen LogP contribution in [0.1, 0.15) is 11.1 Å². The Kier molecular flexibility index (Phi) is 3.60. The number of carbonyl (C=O) groups is 1. The maximum Gasteiger partial charge on any atom is 0.276 e. The lowest BCUT2D eigenvalue weighted by molar-refractivity contribution is -0.141. The summed E-state index contributed by atoms with van der Waals surface area (Å²) in [6.45, 7) is 0.653. The first-order valence-electron chi connectivity index (χ1n) is 7.73. The monoisotopic (exact) mass is 346 g/mol. The van der Waals surface area contributed by atoms with Gasteiger partial charge in [-0.3, -0.25) is 4.79 Å². The van der Waals surface area contributed by atoms with E-state index in [2.05, 4.69) is 0 Å². The van der Waals surface area contributed by atoms with Gasteiger partial charge >= 0.3 is 0 Å². The Hall–Kier alpha value is -1.95. The highest BCUT2D eigenvalue weighted by Gasteiger charge is 2.54. The van der Waals surface area contributed by atoms with Crippen molar-refractivity contribution < 1.29 is 13.9 Å². The largest absolute Gasteiger partial charge is 0.350 e. The van der Waals surface area contributed by atoms with Crippen molar-refractivity contribution in [2.75, 3.05) is 25.1 Å². The number of ether oxygens (including phenoxy) is 1. The molecule has 0 spiro atoms. The summed E-state index contributed by atoms with van der Waals surface area (Å²) in [7, 11) is 1.57. The summed E-state index contributed by atoms with van der Waals surface area (Å²) in [6.07, 6.45) is -1.79. The lowest BCUT2D eigenvalue weighted by Crippen LogP contribution is -2.50. The predicted octanol–water partition coefficient (Wildman–Crippen LogP) is 3.15. The highest BCUT2D eigenvalue weighted by atomic mass is 35.5. The zero-order valence-corrected chi connectivity index (χ0v) is 13.8. The van der Waals surface area contributed by atoms with Crippen LogP contribution in [0, 0.1) is 0 Å². The summed E-state index contributed by atoms with van der Waals surface area (Å²) in [5.41, 5.74) is 0.883. The maximum atomic E-state index is 15.1. The van der Waals surface area contributed by atoms with Crippen LogP contribution in [0.25, 0.3) is 0 Å². The molecule has 1 saturated heterocycles. The molecule has 124 valence electrons.